The SMILES string of the molecule is COc1cc(-c2ccn(-c3ccc(N4CCOCC4)cc3)n2)cc(F)c1O.COc1cc(-c2ccn(-c3cccc(N4CCCC4)c3)n2)cc(F)c1O.COc1cc(-c2ccn(-c3cccc(N4CCCCC4)c3)n2)cc(F)c1O.COc1cc(-c2ccn(-c3cccc(N4CCCCC4)c3)n2)cc(F)c1O.COc1cc(-n2cc(-c3ccc(N4CCCC4)cc3)nn2)cc(F)c1O. The number of morpholine rings is 1. The van der Waals surface area contributed by atoms with Crippen LogP contribution in [-0.4, -0.2) is 194 Å². The molecule has 32 heteroatoms. The maximum absolute atomic E-state index is 13.9. The second-order valence-electron chi connectivity index (χ2n) is 32.4. The zero-order chi connectivity index (χ0) is 92.6. The highest BCUT2D eigenvalue weighted by molar-refractivity contribution is 5.70. The number of nitrogens with zero attached hydrogens (tertiary/aromatic N) is 16. The Morgan fingerprint density at radius 1 is 0.256 bits per heavy atom. The van der Waals surface area contributed by atoms with Crippen LogP contribution in [0.25, 0.3) is 84.7 Å². The minimum Gasteiger partial charge on any atom is -0.502 e. The van der Waals surface area contributed by atoms with Crippen molar-refractivity contribution < 1.29 is 75.9 Å². The lowest BCUT2D eigenvalue weighted by atomic mass is 10.1. The standard InChI is InChI=1S/2C21H22FN3O2.C20H20FN3O3.C20H20FN3O2.C19H19FN4O2/c2*1-27-20-13-15(12-18(22)21(20)26)19-8-11-25(23-19)17-7-5-6-16(14-17)24-9-3-2-4-10-24;1-26-19-13-14(12-17(21)20(19)25)18-6-7-24(22-18)16-4-2-15(3-5-16)23-8-10-27-11-9-23;1-26-19-12-14(11-17(21)20(19)25)18-7-10-24(22-18)16-6-4-5-15(13-16)23-8-2-3-9-23;1-26-18-11-15(10-16(20)19(18)25)24-12-17(21-22-24)13-4-6-14(7-5-13)23-8-2-3-9-23/h2*5-8,11-14,26H,2-4,9-10H2,1H3;2-7,12-13,25H,8-11H2,1H3;4-7,10-13,25H,2-3,8-9H2,1H3;4-7,10-12,25H,2-3,8-9H2,1H3. The van der Waals surface area contributed by atoms with Crippen molar-refractivity contribution in [3.63, 3.8) is 0 Å². The maximum atomic E-state index is 13.9. The third-order valence-corrected chi connectivity index (χ3v) is 23.8. The molecule has 0 saturated carbocycles. The zero-order valence-corrected chi connectivity index (χ0v) is 74.3. The molecule has 133 heavy (non-hydrogen) atoms. The molecule has 0 radical (unpaired) electrons. The molecule has 15 aromatic rings. The fourth-order valence-corrected chi connectivity index (χ4v) is 16.6. The van der Waals surface area contributed by atoms with E-state index in [-0.39, 0.29) is 28.7 Å². The van der Waals surface area contributed by atoms with E-state index in [1.165, 1.54) is 164 Å². The molecule has 0 bridgehead atoms. The number of hydrogen-bond acceptors (Lipinski definition) is 22. The molecule has 5 aromatic heterocycles. The van der Waals surface area contributed by atoms with E-state index in [0.717, 1.165) is 113 Å². The van der Waals surface area contributed by atoms with Crippen LogP contribution < -0.4 is 48.2 Å². The number of hydrogen-bond donors (Lipinski definition) is 5. The minimum absolute atomic E-state index is 0.0482. The molecule has 5 aliphatic heterocycles. The summed E-state index contributed by atoms with van der Waals surface area (Å²) in [5.41, 5.74) is 16.3. The first-order chi connectivity index (χ1) is 64.8. The van der Waals surface area contributed by atoms with E-state index in [0.29, 0.717) is 56.4 Å². The molecule has 27 nitrogen and oxygen atoms in total. The summed E-state index contributed by atoms with van der Waals surface area (Å²) in [5, 5.41) is 74.7. The molecular weight excluding hydrogens is 1710 g/mol. The summed E-state index contributed by atoms with van der Waals surface area (Å²) >= 11 is 0. The summed E-state index contributed by atoms with van der Waals surface area (Å²) in [5.74, 6) is -5.81. The van der Waals surface area contributed by atoms with E-state index in [1.54, 1.807) is 55.3 Å². The number of halogens is 5. The van der Waals surface area contributed by atoms with Crippen molar-refractivity contribution in [2.45, 2.75) is 64.2 Å². The van der Waals surface area contributed by atoms with Gasteiger partial charge < -0.3 is 78.5 Å². The Hall–Kier alpha value is -15.2. The first-order valence-electron chi connectivity index (χ1n) is 44.1. The number of aromatic nitrogens is 11. The van der Waals surface area contributed by atoms with Crippen molar-refractivity contribution >= 4 is 28.4 Å². The van der Waals surface area contributed by atoms with Gasteiger partial charge in [-0.3, -0.25) is 0 Å². The molecule has 5 aliphatic rings. The molecule has 0 atom stereocenters. The van der Waals surface area contributed by atoms with Crippen molar-refractivity contribution in [2.75, 3.05) is 139 Å². The third kappa shape index (κ3) is 21.5. The third-order valence-electron chi connectivity index (χ3n) is 23.8. The Kier molecular flexibility index (Phi) is 28.9. The average molecular weight is 1810 g/mol. The Labute approximate surface area is 766 Å². The molecule has 0 aliphatic carbocycles. The summed E-state index contributed by atoms with van der Waals surface area (Å²) in [6, 6.07) is 62.4. The first-order valence-corrected chi connectivity index (χ1v) is 44.1. The van der Waals surface area contributed by atoms with Crippen LogP contribution in [0.15, 0.2) is 237 Å². The molecule has 20 rings (SSSR count). The maximum Gasteiger partial charge on any atom is 0.194 e. The summed E-state index contributed by atoms with van der Waals surface area (Å²) in [6.07, 6.45) is 21.5. The lowest BCUT2D eigenvalue weighted by Gasteiger charge is -2.29. The van der Waals surface area contributed by atoms with Gasteiger partial charge in [0.25, 0.3) is 0 Å². The second-order valence-corrected chi connectivity index (χ2v) is 32.4. The predicted octanol–water partition coefficient (Wildman–Crippen LogP) is 19.4. The summed E-state index contributed by atoms with van der Waals surface area (Å²) in [4.78, 5) is 11.8. The van der Waals surface area contributed by atoms with E-state index < -0.39 is 57.8 Å². The molecule has 0 unspecified atom stereocenters. The van der Waals surface area contributed by atoms with E-state index in [9.17, 15) is 47.5 Å². The van der Waals surface area contributed by atoms with Crippen LogP contribution in [-0.2, 0) is 4.74 Å². The zero-order valence-electron chi connectivity index (χ0n) is 74.3. The van der Waals surface area contributed by atoms with Crippen LogP contribution in [0.2, 0.25) is 0 Å². The van der Waals surface area contributed by atoms with Crippen molar-refractivity contribution in [1.29, 1.82) is 0 Å². The van der Waals surface area contributed by atoms with E-state index in [4.69, 9.17) is 28.4 Å². The number of piperidine rings is 2. The number of ether oxygens (including phenoxy) is 6. The number of aromatic hydroxyl groups is 5. The Balaban J connectivity index is 0.000000121. The number of benzene rings is 10. The molecule has 10 aromatic carbocycles. The van der Waals surface area contributed by atoms with Gasteiger partial charge in [-0.05, 0) is 228 Å². The highest BCUT2D eigenvalue weighted by atomic mass is 19.1. The number of anilines is 5. The Morgan fingerprint density at radius 3 is 0.872 bits per heavy atom. The lowest BCUT2D eigenvalue weighted by molar-refractivity contribution is 0.122. The normalized spacial score (nSPS) is 14.2. The molecule has 0 amide bonds. The van der Waals surface area contributed by atoms with E-state index in [1.807, 2.05) is 104 Å². The van der Waals surface area contributed by atoms with E-state index in [2.05, 4.69) is 116 Å². The number of phenolic OH excluding ortho intramolecular Hbond substituents is 5. The molecule has 5 saturated heterocycles. The van der Waals surface area contributed by atoms with Crippen molar-refractivity contribution in [3.8, 4) is 142 Å². The predicted molar refractivity (Wildman–Crippen MR) is 502 cm³/mol. The van der Waals surface area contributed by atoms with Crippen LogP contribution >= 0.6 is 0 Å². The quantitative estimate of drug-likeness (QED) is 0.0444. The van der Waals surface area contributed by atoms with Crippen LogP contribution in [0.1, 0.15) is 64.2 Å². The van der Waals surface area contributed by atoms with Crippen LogP contribution in [0.3, 0.4) is 0 Å². The highest BCUT2D eigenvalue weighted by Crippen LogP contribution is 2.41. The van der Waals surface area contributed by atoms with Crippen LogP contribution in [0.4, 0.5) is 50.4 Å². The number of rotatable bonds is 20. The minimum atomic E-state index is -0.772. The molecule has 688 valence electrons. The fraction of sp³-hybridized carbons (Fsp3) is 0.267. The molecule has 5 N–H and O–H groups in total. The summed E-state index contributed by atoms with van der Waals surface area (Å²) < 4.78 is 108. The van der Waals surface area contributed by atoms with E-state index >= 15 is 0 Å². The van der Waals surface area contributed by atoms with Crippen LogP contribution in [0, 0.1) is 29.1 Å². The summed E-state index contributed by atoms with van der Waals surface area (Å²) in [7, 11) is 6.92. The Bertz CT molecular complexity index is 6320. The van der Waals surface area contributed by atoms with Crippen molar-refractivity contribution in [2.24, 2.45) is 0 Å². The van der Waals surface area contributed by atoms with Gasteiger partial charge in [0.05, 0.1) is 106 Å². The second kappa shape index (κ2) is 42.1. The van der Waals surface area contributed by atoms with Gasteiger partial charge in [0.15, 0.2) is 86.6 Å². The monoisotopic (exact) mass is 1810 g/mol. The molecular formula is C101H103F5N16O11. The number of phenols is 5. The van der Waals surface area contributed by atoms with Gasteiger partial charge in [-0.25, -0.2) is 45.4 Å². The van der Waals surface area contributed by atoms with Gasteiger partial charge in [0, 0.05) is 159 Å². The lowest BCUT2D eigenvalue weighted by Crippen LogP contribution is -2.36. The van der Waals surface area contributed by atoms with Gasteiger partial charge in [-0.15, -0.1) is 5.10 Å². The summed E-state index contributed by atoms with van der Waals surface area (Å²) in [6.45, 7) is 12.0. The van der Waals surface area contributed by atoms with Gasteiger partial charge in [0.1, 0.15) is 5.69 Å². The van der Waals surface area contributed by atoms with Gasteiger partial charge in [-0.2, -0.15) is 20.4 Å². The topological polar surface area (TPSA) is 275 Å². The Morgan fingerprint density at radius 2 is 0.534 bits per heavy atom. The van der Waals surface area contributed by atoms with Crippen LogP contribution in [0.5, 0.6) is 57.5 Å². The largest absolute Gasteiger partial charge is 0.502 e. The first kappa shape index (κ1) is 91.1. The molecule has 5 fully saturated rings. The van der Waals surface area contributed by atoms with Crippen molar-refractivity contribution in [3.05, 3.63) is 266 Å². The van der Waals surface area contributed by atoms with Gasteiger partial charge in [-0.1, -0.05) is 35.5 Å². The smallest absolute Gasteiger partial charge is 0.194 e. The van der Waals surface area contributed by atoms with Gasteiger partial charge >= 0.3 is 0 Å². The molecule has 0 spiro atoms. The number of methoxy groups -OCH3 is 5. The highest BCUT2D eigenvalue weighted by Gasteiger charge is 2.24. The average Bonchev–Trinajstić information content (AvgIpc) is 1.49. The fourth-order valence-electron chi connectivity index (χ4n) is 16.6. The van der Waals surface area contributed by atoms with Crippen molar-refractivity contribution in [1.82, 2.24) is 54.1 Å². The van der Waals surface area contributed by atoms with Gasteiger partial charge in [0.2, 0.25) is 0 Å². The molecule has 10 heterocycles.